The van der Waals surface area contributed by atoms with Crippen molar-refractivity contribution in [1.29, 1.82) is 0 Å². The molecule has 2 saturated heterocycles. The maximum atomic E-state index is 13.0. The lowest BCUT2D eigenvalue weighted by molar-refractivity contribution is -0.0145. The summed E-state index contributed by atoms with van der Waals surface area (Å²) in [5.74, 6) is 2.63. The van der Waals surface area contributed by atoms with E-state index < -0.39 is 0 Å². The highest BCUT2D eigenvalue weighted by molar-refractivity contribution is 7.09. The lowest BCUT2D eigenvalue weighted by atomic mass is 9.53. The number of piperidine rings is 2. The van der Waals surface area contributed by atoms with Gasteiger partial charge in [0.2, 0.25) is 0 Å². The summed E-state index contributed by atoms with van der Waals surface area (Å²) in [6, 6.07) is 6.17. The molecule has 0 aromatic carbocycles. The zero-order valence-electron chi connectivity index (χ0n) is 17.4. The van der Waals surface area contributed by atoms with Crippen LogP contribution in [-0.4, -0.2) is 34.6 Å². The van der Waals surface area contributed by atoms with Gasteiger partial charge in [0.25, 0.3) is 0 Å². The number of urea groups is 1. The van der Waals surface area contributed by atoms with Gasteiger partial charge >= 0.3 is 6.03 Å². The average molecular weight is 414 g/mol. The lowest BCUT2D eigenvalue weighted by Gasteiger charge is -2.57. The summed E-state index contributed by atoms with van der Waals surface area (Å²) < 4.78 is 0. The normalized spacial score (nSPS) is 43.3. The Bertz CT molecular complexity index is 698. The highest BCUT2D eigenvalue weighted by Gasteiger charge is 2.51. The molecule has 0 radical (unpaired) electrons. The number of carbonyl (C=O) groups excluding carboxylic acids is 1. The molecule has 4 saturated carbocycles. The van der Waals surface area contributed by atoms with Gasteiger partial charge in [0, 0.05) is 35.1 Å². The van der Waals surface area contributed by atoms with Gasteiger partial charge in [-0.25, -0.2) is 4.79 Å². The van der Waals surface area contributed by atoms with Crippen molar-refractivity contribution in [1.82, 2.24) is 15.5 Å². The van der Waals surface area contributed by atoms with Crippen LogP contribution in [0.2, 0.25) is 0 Å². The first-order chi connectivity index (χ1) is 14.1. The van der Waals surface area contributed by atoms with Gasteiger partial charge < -0.3 is 10.6 Å². The van der Waals surface area contributed by atoms with Crippen LogP contribution in [0.3, 0.4) is 0 Å². The SMILES string of the molecule is O=C(NC1C[C@H]2CCC[C@@H](C1)N2Cc1cccs1)NC12CC3CC(CC(C3)C1)C2. The third kappa shape index (κ3) is 3.63. The molecule has 1 unspecified atom stereocenters. The predicted molar refractivity (Wildman–Crippen MR) is 117 cm³/mol. The molecule has 7 rings (SSSR count). The van der Waals surface area contributed by atoms with Crippen LogP contribution in [0.1, 0.15) is 75.5 Å². The minimum absolute atomic E-state index is 0.120. The fraction of sp³-hybridized carbons (Fsp3) is 0.792. The molecule has 0 spiro atoms. The number of nitrogens with zero attached hydrogens (tertiary/aromatic N) is 1. The van der Waals surface area contributed by atoms with E-state index in [1.807, 2.05) is 11.3 Å². The molecule has 1 aromatic heterocycles. The molecule has 2 N–H and O–H groups in total. The van der Waals surface area contributed by atoms with E-state index in [4.69, 9.17) is 0 Å². The number of nitrogens with one attached hydrogen (secondary N) is 2. The number of hydrogen-bond acceptors (Lipinski definition) is 3. The summed E-state index contributed by atoms with van der Waals surface area (Å²) in [7, 11) is 0. The van der Waals surface area contributed by atoms with Gasteiger partial charge in [-0.05, 0) is 93.4 Å². The van der Waals surface area contributed by atoms with Crippen molar-refractivity contribution in [2.75, 3.05) is 0 Å². The van der Waals surface area contributed by atoms with E-state index in [1.165, 1.54) is 62.7 Å². The molecule has 6 bridgehead atoms. The second-order valence-electron chi connectivity index (χ2n) is 11.0. The van der Waals surface area contributed by atoms with Crippen molar-refractivity contribution in [3.8, 4) is 0 Å². The predicted octanol–water partition coefficient (Wildman–Crippen LogP) is 4.90. The van der Waals surface area contributed by atoms with Crippen LogP contribution >= 0.6 is 11.3 Å². The quantitative estimate of drug-likeness (QED) is 0.737. The second kappa shape index (κ2) is 7.26. The van der Waals surface area contributed by atoms with Gasteiger partial charge in [-0.3, -0.25) is 4.90 Å². The number of carbonyl (C=O) groups is 1. The first kappa shape index (κ1) is 18.7. The molecule has 2 amide bonds. The molecule has 4 aliphatic carbocycles. The van der Waals surface area contributed by atoms with Gasteiger partial charge in [-0.15, -0.1) is 11.3 Å². The van der Waals surface area contributed by atoms with Crippen molar-refractivity contribution >= 4 is 17.4 Å². The minimum atomic E-state index is 0.120. The molecular formula is C24H35N3OS. The second-order valence-corrected chi connectivity index (χ2v) is 12.0. The zero-order valence-corrected chi connectivity index (χ0v) is 18.3. The number of amides is 2. The van der Waals surface area contributed by atoms with Crippen LogP contribution in [0.15, 0.2) is 17.5 Å². The Hall–Kier alpha value is -1.07. The third-order valence-electron chi connectivity index (χ3n) is 8.80. The average Bonchev–Trinajstić information content (AvgIpc) is 3.13. The fourth-order valence-electron chi connectivity index (χ4n) is 8.16. The summed E-state index contributed by atoms with van der Waals surface area (Å²) in [5.41, 5.74) is 0.120. The van der Waals surface area contributed by atoms with E-state index in [0.29, 0.717) is 18.1 Å². The number of fused-ring (bicyclic) bond motifs is 2. The monoisotopic (exact) mass is 413 g/mol. The molecule has 1 aromatic rings. The van der Waals surface area contributed by atoms with E-state index in [-0.39, 0.29) is 11.6 Å². The van der Waals surface area contributed by atoms with Gasteiger partial charge in [0.05, 0.1) is 0 Å². The number of hydrogen-bond donors (Lipinski definition) is 2. The van der Waals surface area contributed by atoms with Gasteiger partial charge in [0.15, 0.2) is 0 Å². The molecule has 4 nitrogen and oxygen atoms in total. The molecule has 3 atom stereocenters. The highest BCUT2D eigenvalue weighted by atomic mass is 32.1. The van der Waals surface area contributed by atoms with Crippen LogP contribution in [0.5, 0.6) is 0 Å². The Kier molecular flexibility index (Phi) is 4.68. The maximum Gasteiger partial charge on any atom is 0.315 e. The Morgan fingerprint density at radius 1 is 1.03 bits per heavy atom. The molecule has 6 fully saturated rings. The van der Waals surface area contributed by atoms with Crippen molar-refractivity contribution in [2.45, 2.75) is 101 Å². The molecule has 29 heavy (non-hydrogen) atoms. The molecule has 6 aliphatic rings. The van der Waals surface area contributed by atoms with E-state index in [2.05, 4.69) is 33.0 Å². The highest BCUT2D eigenvalue weighted by Crippen LogP contribution is 2.55. The lowest BCUT2D eigenvalue weighted by Crippen LogP contribution is -2.63. The Morgan fingerprint density at radius 2 is 1.69 bits per heavy atom. The van der Waals surface area contributed by atoms with Crippen LogP contribution in [0, 0.1) is 17.8 Å². The number of thiophene rings is 1. The van der Waals surface area contributed by atoms with Crippen LogP contribution in [0.25, 0.3) is 0 Å². The van der Waals surface area contributed by atoms with Crippen molar-refractivity contribution in [2.24, 2.45) is 17.8 Å². The van der Waals surface area contributed by atoms with E-state index in [0.717, 1.165) is 37.1 Å². The smallest absolute Gasteiger partial charge is 0.315 e. The standard InChI is InChI=1S/C24H35N3OS/c28-23(26-24-12-16-7-17(13-24)9-18(8-16)14-24)25-19-10-20-3-1-4-21(11-19)27(20)15-22-5-2-6-29-22/h2,5-6,16-21H,1,3-4,7-15H2,(H2,25,26,28)/t16?,17?,18?,19?,20-,21+,24?. The summed E-state index contributed by atoms with van der Waals surface area (Å²) in [5, 5.41) is 9.14. The fourth-order valence-corrected chi connectivity index (χ4v) is 8.88. The van der Waals surface area contributed by atoms with Crippen LogP contribution in [-0.2, 0) is 6.54 Å². The summed E-state index contributed by atoms with van der Waals surface area (Å²) in [6.45, 7) is 1.10. The Labute approximate surface area is 178 Å². The molecular weight excluding hydrogens is 378 g/mol. The first-order valence-corrected chi connectivity index (χ1v) is 12.9. The topological polar surface area (TPSA) is 44.4 Å². The third-order valence-corrected chi connectivity index (χ3v) is 9.66. The maximum absolute atomic E-state index is 13.0. The summed E-state index contributed by atoms with van der Waals surface area (Å²) in [6.07, 6.45) is 14.1. The van der Waals surface area contributed by atoms with Gasteiger partial charge in [-0.1, -0.05) is 12.5 Å². The van der Waals surface area contributed by atoms with Crippen LogP contribution in [0.4, 0.5) is 4.79 Å². The Morgan fingerprint density at radius 3 is 2.28 bits per heavy atom. The summed E-state index contributed by atoms with van der Waals surface area (Å²) in [4.78, 5) is 17.2. The summed E-state index contributed by atoms with van der Waals surface area (Å²) >= 11 is 1.88. The van der Waals surface area contributed by atoms with E-state index in [1.54, 1.807) is 0 Å². The molecule has 3 heterocycles. The first-order valence-electron chi connectivity index (χ1n) is 12.0. The van der Waals surface area contributed by atoms with Gasteiger partial charge in [0.1, 0.15) is 0 Å². The van der Waals surface area contributed by atoms with E-state index >= 15 is 0 Å². The minimum Gasteiger partial charge on any atom is -0.335 e. The van der Waals surface area contributed by atoms with Crippen molar-refractivity contribution < 1.29 is 4.79 Å². The largest absolute Gasteiger partial charge is 0.335 e. The number of rotatable bonds is 4. The van der Waals surface area contributed by atoms with Gasteiger partial charge in [-0.2, -0.15) is 0 Å². The zero-order chi connectivity index (χ0) is 19.4. The molecule has 5 heteroatoms. The molecule has 2 aliphatic heterocycles. The van der Waals surface area contributed by atoms with Crippen molar-refractivity contribution in [3.63, 3.8) is 0 Å². The van der Waals surface area contributed by atoms with Crippen molar-refractivity contribution in [3.05, 3.63) is 22.4 Å². The molecule has 158 valence electrons. The van der Waals surface area contributed by atoms with Crippen LogP contribution < -0.4 is 10.6 Å². The Balaban J connectivity index is 1.08. The van der Waals surface area contributed by atoms with E-state index in [9.17, 15) is 4.79 Å².